The van der Waals surface area contributed by atoms with Gasteiger partial charge in [0, 0.05) is 16.2 Å². The van der Waals surface area contributed by atoms with E-state index in [1.165, 1.54) is 0 Å². The Labute approximate surface area is 112 Å². The SMILES string of the molecule is OCc1ccncc1Oc1ccc(Br)cc1Cl. The van der Waals surface area contributed by atoms with Crippen molar-refractivity contribution in [3.8, 4) is 11.5 Å². The summed E-state index contributed by atoms with van der Waals surface area (Å²) in [6.07, 6.45) is 3.14. The zero-order valence-corrected chi connectivity index (χ0v) is 11.1. The zero-order chi connectivity index (χ0) is 12.3. The average molecular weight is 315 g/mol. The number of aliphatic hydroxyl groups excluding tert-OH is 1. The van der Waals surface area contributed by atoms with Crippen molar-refractivity contribution in [2.24, 2.45) is 0 Å². The number of nitrogens with zero attached hydrogens (tertiary/aromatic N) is 1. The molecule has 88 valence electrons. The van der Waals surface area contributed by atoms with Crippen LogP contribution in [0.3, 0.4) is 0 Å². The Morgan fingerprint density at radius 2 is 2.12 bits per heavy atom. The first-order valence-electron chi connectivity index (χ1n) is 4.87. The number of aromatic nitrogens is 1. The molecule has 0 fully saturated rings. The number of benzene rings is 1. The fourth-order valence-electron chi connectivity index (χ4n) is 1.31. The predicted molar refractivity (Wildman–Crippen MR) is 69.4 cm³/mol. The Kier molecular flexibility index (Phi) is 3.99. The normalized spacial score (nSPS) is 10.3. The number of hydrogen-bond donors (Lipinski definition) is 1. The summed E-state index contributed by atoms with van der Waals surface area (Å²) in [5, 5.41) is 9.65. The molecule has 1 aromatic carbocycles. The second-order valence-electron chi connectivity index (χ2n) is 3.32. The van der Waals surface area contributed by atoms with Crippen LogP contribution in [0.5, 0.6) is 11.5 Å². The van der Waals surface area contributed by atoms with Crippen LogP contribution in [0.4, 0.5) is 0 Å². The van der Waals surface area contributed by atoms with E-state index in [-0.39, 0.29) is 6.61 Å². The van der Waals surface area contributed by atoms with Crippen molar-refractivity contribution in [2.75, 3.05) is 0 Å². The second-order valence-corrected chi connectivity index (χ2v) is 4.64. The van der Waals surface area contributed by atoms with E-state index in [2.05, 4.69) is 20.9 Å². The highest BCUT2D eigenvalue weighted by Crippen LogP contribution is 2.32. The quantitative estimate of drug-likeness (QED) is 0.937. The van der Waals surface area contributed by atoms with E-state index in [0.717, 1.165) is 4.47 Å². The minimum atomic E-state index is -0.105. The van der Waals surface area contributed by atoms with Crippen molar-refractivity contribution in [3.05, 3.63) is 51.7 Å². The first-order chi connectivity index (χ1) is 8.20. The third-order valence-corrected chi connectivity index (χ3v) is 2.94. The smallest absolute Gasteiger partial charge is 0.151 e. The van der Waals surface area contributed by atoms with Crippen molar-refractivity contribution >= 4 is 27.5 Å². The molecule has 1 N–H and O–H groups in total. The number of aliphatic hydroxyl groups is 1. The minimum Gasteiger partial charge on any atom is -0.454 e. The maximum atomic E-state index is 9.16. The van der Waals surface area contributed by atoms with Crippen LogP contribution in [-0.4, -0.2) is 10.1 Å². The largest absolute Gasteiger partial charge is 0.454 e. The van der Waals surface area contributed by atoms with Gasteiger partial charge in [-0.05, 0) is 24.3 Å². The monoisotopic (exact) mass is 313 g/mol. The van der Waals surface area contributed by atoms with Crippen LogP contribution in [0.1, 0.15) is 5.56 Å². The maximum Gasteiger partial charge on any atom is 0.151 e. The molecule has 5 heteroatoms. The molecule has 0 saturated heterocycles. The molecule has 0 unspecified atom stereocenters. The van der Waals surface area contributed by atoms with Gasteiger partial charge in [0.2, 0.25) is 0 Å². The summed E-state index contributed by atoms with van der Waals surface area (Å²) < 4.78 is 6.49. The molecule has 1 heterocycles. The Bertz CT molecular complexity index is 534. The standard InChI is InChI=1S/C12H9BrClNO2/c13-9-1-2-11(10(14)5-9)17-12-6-15-4-3-8(12)7-16/h1-6,16H,7H2. The Morgan fingerprint density at radius 1 is 1.29 bits per heavy atom. The number of halogens is 2. The van der Waals surface area contributed by atoms with Crippen molar-refractivity contribution in [2.45, 2.75) is 6.61 Å². The highest BCUT2D eigenvalue weighted by Gasteiger charge is 2.07. The molecule has 17 heavy (non-hydrogen) atoms. The van der Waals surface area contributed by atoms with E-state index in [0.29, 0.717) is 22.1 Å². The molecule has 2 aromatic rings. The van der Waals surface area contributed by atoms with Crippen LogP contribution in [0.2, 0.25) is 5.02 Å². The van der Waals surface area contributed by atoms with Crippen LogP contribution in [0, 0.1) is 0 Å². The van der Waals surface area contributed by atoms with E-state index in [1.807, 2.05) is 6.07 Å². The summed E-state index contributed by atoms with van der Waals surface area (Å²) in [6.45, 7) is -0.105. The molecular formula is C12H9BrClNO2. The predicted octanol–water partition coefficient (Wildman–Crippen LogP) is 3.78. The van der Waals surface area contributed by atoms with E-state index in [9.17, 15) is 0 Å². The van der Waals surface area contributed by atoms with E-state index < -0.39 is 0 Å². The van der Waals surface area contributed by atoms with Crippen LogP contribution in [0.25, 0.3) is 0 Å². The summed E-state index contributed by atoms with van der Waals surface area (Å²) in [7, 11) is 0. The Hall–Kier alpha value is -1.10. The average Bonchev–Trinajstić information content (AvgIpc) is 2.33. The number of pyridine rings is 1. The molecular weight excluding hydrogens is 305 g/mol. The van der Waals surface area contributed by atoms with Crippen LogP contribution < -0.4 is 4.74 Å². The second kappa shape index (κ2) is 5.49. The summed E-state index contributed by atoms with van der Waals surface area (Å²) in [5.41, 5.74) is 0.666. The van der Waals surface area contributed by atoms with Gasteiger partial charge < -0.3 is 9.84 Å². The van der Waals surface area contributed by atoms with Gasteiger partial charge in [-0.3, -0.25) is 4.98 Å². The minimum absolute atomic E-state index is 0.105. The Balaban J connectivity index is 2.31. The molecule has 0 saturated carbocycles. The molecule has 3 nitrogen and oxygen atoms in total. The van der Waals surface area contributed by atoms with Gasteiger partial charge in [0.05, 0.1) is 17.8 Å². The van der Waals surface area contributed by atoms with Crippen molar-refractivity contribution in [3.63, 3.8) is 0 Å². The van der Waals surface area contributed by atoms with E-state index in [1.54, 1.807) is 30.6 Å². The molecule has 1 aromatic heterocycles. The summed E-state index contributed by atoms with van der Waals surface area (Å²) in [6, 6.07) is 7.02. The third-order valence-electron chi connectivity index (χ3n) is 2.15. The summed E-state index contributed by atoms with van der Waals surface area (Å²) >= 11 is 9.35. The van der Waals surface area contributed by atoms with Crippen LogP contribution >= 0.6 is 27.5 Å². The fraction of sp³-hybridized carbons (Fsp3) is 0.0833. The van der Waals surface area contributed by atoms with Crippen molar-refractivity contribution < 1.29 is 9.84 Å². The van der Waals surface area contributed by atoms with Gasteiger partial charge in [0.15, 0.2) is 5.75 Å². The first-order valence-corrected chi connectivity index (χ1v) is 6.04. The topological polar surface area (TPSA) is 42.4 Å². The van der Waals surface area contributed by atoms with Crippen molar-refractivity contribution in [1.82, 2.24) is 4.98 Å². The highest BCUT2D eigenvalue weighted by atomic mass is 79.9. The van der Waals surface area contributed by atoms with Crippen molar-refractivity contribution in [1.29, 1.82) is 0 Å². The molecule has 0 bridgehead atoms. The Morgan fingerprint density at radius 3 is 2.82 bits per heavy atom. The van der Waals surface area contributed by atoms with Gasteiger partial charge in [0.1, 0.15) is 5.75 Å². The molecule has 0 aliphatic carbocycles. The van der Waals surface area contributed by atoms with E-state index >= 15 is 0 Å². The number of rotatable bonds is 3. The zero-order valence-electron chi connectivity index (χ0n) is 8.73. The highest BCUT2D eigenvalue weighted by molar-refractivity contribution is 9.10. The lowest BCUT2D eigenvalue weighted by atomic mass is 10.2. The molecule has 0 atom stereocenters. The number of hydrogen-bond acceptors (Lipinski definition) is 3. The summed E-state index contributed by atoms with van der Waals surface area (Å²) in [4.78, 5) is 3.95. The molecule has 2 rings (SSSR count). The fourth-order valence-corrected chi connectivity index (χ4v) is 2.02. The van der Waals surface area contributed by atoms with Crippen LogP contribution in [-0.2, 0) is 6.61 Å². The molecule has 0 spiro atoms. The molecule has 0 aliphatic heterocycles. The molecule has 0 amide bonds. The van der Waals surface area contributed by atoms with Gasteiger partial charge in [-0.2, -0.15) is 0 Å². The van der Waals surface area contributed by atoms with Gasteiger partial charge in [-0.25, -0.2) is 0 Å². The lowest BCUT2D eigenvalue weighted by Gasteiger charge is -2.10. The van der Waals surface area contributed by atoms with Crippen LogP contribution in [0.15, 0.2) is 41.1 Å². The van der Waals surface area contributed by atoms with Gasteiger partial charge in [-0.15, -0.1) is 0 Å². The lowest BCUT2D eigenvalue weighted by molar-refractivity contribution is 0.276. The molecule has 0 radical (unpaired) electrons. The lowest BCUT2D eigenvalue weighted by Crippen LogP contribution is -1.93. The maximum absolute atomic E-state index is 9.16. The molecule has 0 aliphatic rings. The van der Waals surface area contributed by atoms with E-state index in [4.69, 9.17) is 21.4 Å². The summed E-state index contributed by atoms with van der Waals surface area (Å²) in [5.74, 6) is 1.02. The first kappa shape index (κ1) is 12.4. The van der Waals surface area contributed by atoms with Gasteiger partial charge in [-0.1, -0.05) is 27.5 Å². The van der Waals surface area contributed by atoms with Gasteiger partial charge in [0.25, 0.3) is 0 Å². The van der Waals surface area contributed by atoms with Gasteiger partial charge >= 0.3 is 0 Å². The third kappa shape index (κ3) is 2.97. The number of ether oxygens (including phenoxy) is 1.